The summed E-state index contributed by atoms with van der Waals surface area (Å²) in [6.07, 6.45) is -2.71. The van der Waals surface area contributed by atoms with E-state index in [0.717, 1.165) is 11.0 Å². The quantitative estimate of drug-likeness (QED) is 0.708. The smallest absolute Gasteiger partial charge is 0.416 e. The number of quaternary nitrogens is 1. The van der Waals surface area contributed by atoms with Crippen LogP contribution in [0.5, 0.6) is 11.5 Å². The van der Waals surface area contributed by atoms with E-state index in [-0.39, 0.29) is 17.4 Å². The Morgan fingerprint density at radius 3 is 2.62 bits per heavy atom. The molecule has 6 nitrogen and oxygen atoms in total. The molecule has 0 spiro atoms. The summed E-state index contributed by atoms with van der Waals surface area (Å²) in [5.74, 6) is -0.398. The first-order chi connectivity index (χ1) is 15.2. The summed E-state index contributed by atoms with van der Waals surface area (Å²) in [7, 11) is 1.41. The fraction of sp³-hybridized carbons (Fsp3) is 0.273. The predicted octanol–water partition coefficient (Wildman–Crippen LogP) is 2.29. The number of ether oxygens (including phenoxy) is 1. The first-order valence-electron chi connectivity index (χ1n) is 9.89. The van der Waals surface area contributed by atoms with Crippen LogP contribution in [0.25, 0.3) is 6.08 Å². The number of thioether (sulfide) groups is 1. The van der Waals surface area contributed by atoms with Crippen LogP contribution in [-0.2, 0) is 11.0 Å². The molecule has 0 aliphatic carbocycles. The van der Waals surface area contributed by atoms with Crippen molar-refractivity contribution in [1.29, 1.82) is 0 Å². The lowest BCUT2D eigenvalue weighted by Crippen LogP contribution is -3.10. The van der Waals surface area contributed by atoms with E-state index in [1.165, 1.54) is 37.1 Å². The average molecular weight is 463 g/mol. The number of halogens is 3. The number of rotatable bonds is 3. The number of aliphatic imine (C=N–C) groups is 1. The molecule has 0 unspecified atom stereocenters. The molecule has 0 radical (unpaired) electrons. The summed E-state index contributed by atoms with van der Waals surface area (Å²) in [6, 6.07) is 9.96. The van der Waals surface area contributed by atoms with Crippen LogP contribution in [0.2, 0.25) is 0 Å². The minimum atomic E-state index is -4.37. The van der Waals surface area contributed by atoms with Crippen molar-refractivity contribution in [3.8, 4) is 11.5 Å². The number of alkyl halides is 3. The second-order valence-electron chi connectivity index (χ2n) is 7.39. The van der Waals surface area contributed by atoms with Gasteiger partial charge in [0, 0.05) is 6.07 Å². The van der Waals surface area contributed by atoms with Crippen LogP contribution in [0.1, 0.15) is 11.1 Å². The summed E-state index contributed by atoms with van der Waals surface area (Å²) < 4.78 is 44.0. The largest absolute Gasteiger partial charge is 0.870 e. The second-order valence-corrected chi connectivity index (χ2v) is 8.40. The van der Waals surface area contributed by atoms with Crippen molar-refractivity contribution in [2.45, 2.75) is 6.18 Å². The second kappa shape index (κ2) is 8.87. The van der Waals surface area contributed by atoms with Gasteiger partial charge in [0.1, 0.15) is 11.4 Å². The number of carbonyl (C=O) groups excluding carboxylic acids is 1. The molecular formula is C22H20F3N3O3S. The molecule has 1 saturated heterocycles. The molecule has 2 aliphatic rings. The van der Waals surface area contributed by atoms with Gasteiger partial charge in [-0.05, 0) is 41.6 Å². The molecule has 2 aromatic rings. The summed E-state index contributed by atoms with van der Waals surface area (Å²) in [4.78, 5) is 19.9. The third-order valence-electron chi connectivity index (χ3n) is 5.33. The number of benzene rings is 2. The molecule has 2 heterocycles. The van der Waals surface area contributed by atoms with Gasteiger partial charge in [0.2, 0.25) is 0 Å². The third kappa shape index (κ3) is 4.76. The molecule has 0 aromatic heterocycles. The van der Waals surface area contributed by atoms with E-state index in [2.05, 4.69) is 4.99 Å². The summed E-state index contributed by atoms with van der Waals surface area (Å²) in [5.41, 5.74) is 0.614. The molecule has 4 rings (SSSR count). The van der Waals surface area contributed by atoms with Crippen molar-refractivity contribution in [1.82, 2.24) is 4.90 Å². The van der Waals surface area contributed by atoms with Crippen molar-refractivity contribution >= 4 is 34.6 Å². The number of amides is 1. The van der Waals surface area contributed by atoms with Gasteiger partial charge in [0.05, 0.1) is 43.8 Å². The lowest BCUT2D eigenvalue weighted by atomic mass is 10.1. The maximum absolute atomic E-state index is 13.0. The van der Waals surface area contributed by atoms with Gasteiger partial charge in [-0.15, -0.1) is 0 Å². The Morgan fingerprint density at radius 2 is 1.94 bits per heavy atom. The number of hydrogen-bond donors (Lipinski definition) is 1. The lowest BCUT2D eigenvalue weighted by molar-refractivity contribution is -0.837. The number of nitrogens with zero attached hydrogens (tertiary/aromatic N) is 2. The number of nitrogens with one attached hydrogen (secondary N) is 1. The Labute approximate surface area is 187 Å². The Balaban J connectivity index is 1.41. The van der Waals surface area contributed by atoms with Crippen molar-refractivity contribution in [2.24, 2.45) is 4.99 Å². The van der Waals surface area contributed by atoms with Gasteiger partial charge in [-0.1, -0.05) is 23.9 Å². The van der Waals surface area contributed by atoms with Crippen LogP contribution in [0.4, 0.5) is 18.9 Å². The maximum atomic E-state index is 13.0. The first-order valence-corrected chi connectivity index (χ1v) is 10.7. The van der Waals surface area contributed by atoms with Crippen LogP contribution in [0.3, 0.4) is 0 Å². The number of piperazine rings is 1. The van der Waals surface area contributed by atoms with Crippen LogP contribution in [0.15, 0.2) is 52.4 Å². The van der Waals surface area contributed by atoms with E-state index in [0.29, 0.717) is 47.5 Å². The number of hydrogen-bond acceptors (Lipinski definition) is 5. The van der Waals surface area contributed by atoms with Gasteiger partial charge in [-0.2, -0.15) is 18.2 Å². The summed E-state index contributed by atoms with van der Waals surface area (Å²) >= 11 is 1.25. The molecule has 32 heavy (non-hydrogen) atoms. The SMILES string of the molecule is COc1cc(C=C2SC(N3CC[NH+](c4cccc(C(F)(F)F)c4)CC3)=NC2=O)ccc1[O-]. The number of carbonyl (C=O) groups is 1. The molecule has 10 heteroatoms. The molecule has 2 aliphatic heterocycles. The maximum Gasteiger partial charge on any atom is 0.416 e. The first kappa shape index (κ1) is 22.2. The molecular weight excluding hydrogens is 443 g/mol. The van der Waals surface area contributed by atoms with Crippen LogP contribution < -0.4 is 14.7 Å². The summed E-state index contributed by atoms with van der Waals surface area (Å²) in [6.45, 7) is 2.32. The zero-order valence-corrected chi connectivity index (χ0v) is 17.9. The van der Waals surface area contributed by atoms with E-state index in [4.69, 9.17) is 4.74 Å². The van der Waals surface area contributed by atoms with Gasteiger partial charge in [-0.3, -0.25) is 9.69 Å². The van der Waals surface area contributed by atoms with Gasteiger partial charge >= 0.3 is 6.18 Å². The zero-order chi connectivity index (χ0) is 22.9. The Bertz CT molecular complexity index is 1090. The number of amidine groups is 1. The number of methoxy groups -OCH3 is 1. The Kier molecular flexibility index (Phi) is 6.16. The normalized spacial score (nSPS) is 18.9. The molecule has 0 bridgehead atoms. The fourth-order valence-corrected chi connectivity index (χ4v) is 4.60. The van der Waals surface area contributed by atoms with Crippen LogP contribution in [0, 0.1) is 0 Å². The standard InChI is InChI=1S/C22H20F3N3O3S/c1-31-18-11-14(5-6-17(18)29)12-19-20(30)26-21(32-19)28-9-7-27(8-10-28)16-4-2-3-15(13-16)22(23,24)25/h2-6,11-13,29H,7-10H2,1H3. The molecule has 0 atom stereocenters. The highest BCUT2D eigenvalue weighted by atomic mass is 32.2. The lowest BCUT2D eigenvalue weighted by Gasteiger charge is -2.32. The van der Waals surface area contributed by atoms with Crippen LogP contribution in [-0.4, -0.2) is 49.3 Å². The van der Waals surface area contributed by atoms with Gasteiger partial charge in [0.15, 0.2) is 5.17 Å². The molecule has 1 N–H and O–H groups in total. The topological polar surface area (TPSA) is 69.4 Å². The zero-order valence-electron chi connectivity index (χ0n) is 17.1. The molecule has 168 valence electrons. The Morgan fingerprint density at radius 1 is 1.19 bits per heavy atom. The molecule has 1 fully saturated rings. The van der Waals surface area contributed by atoms with Gasteiger partial charge in [-0.25, -0.2) is 0 Å². The molecule has 1 amide bonds. The van der Waals surface area contributed by atoms with Crippen molar-refractivity contribution < 1.29 is 32.7 Å². The van der Waals surface area contributed by atoms with E-state index in [9.17, 15) is 23.1 Å². The van der Waals surface area contributed by atoms with Crippen molar-refractivity contribution in [2.75, 3.05) is 33.3 Å². The average Bonchev–Trinajstić information content (AvgIpc) is 3.15. The van der Waals surface area contributed by atoms with Gasteiger partial charge < -0.3 is 14.7 Å². The van der Waals surface area contributed by atoms with E-state index < -0.39 is 11.7 Å². The van der Waals surface area contributed by atoms with Gasteiger partial charge in [0.25, 0.3) is 5.91 Å². The predicted molar refractivity (Wildman–Crippen MR) is 114 cm³/mol. The van der Waals surface area contributed by atoms with E-state index in [1.807, 2.05) is 4.90 Å². The monoisotopic (exact) mass is 463 g/mol. The van der Waals surface area contributed by atoms with E-state index >= 15 is 0 Å². The third-order valence-corrected chi connectivity index (χ3v) is 6.37. The fourth-order valence-electron chi connectivity index (χ4n) is 3.63. The minimum Gasteiger partial charge on any atom is -0.870 e. The molecule has 0 saturated carbocycles. The minimum absolute atomic E-state index is 0.199. The van der Waals surface area contributed by atoms with Crippen molar-refractivity contribution in [3.63, 3.8) is 0 Å². The highest BCUT2D eigenvalue weighted by Gasteiger charge is 2.33. The van der Waals surface area contributed by atoms with Crippen LogP contribution >= 0.6 is 11.8 Å². The Hall–Kier alpha value is -2.98. The highest BCUT2D eigenvalue weighted by Crippen LogP contribution is 2.33. The molecule has 2 aromatic carbocycles. The van der Waals surface area contributed by atoms with E-state index in [1.54, 1.807) is 24.3 Å². The summed E-state index contributed by atoms with van der Waals surface area (Å²) in [5, 5.41) is 12.2. The highest BCUT2D eigenvalue weighted by molar-refractivity contribution is 8.18. The van der Waals surface area contributed by atoms with Crippen molar-refractivity contribution in [3.05, 3.63) is 58.5 Å².